The Morgan fingerprint density at radius 3 is 3.00 bits per heavy atom. The van der Waals surface area contributed by atoms with Crippen LogP contribution in [0.15, 0.2) is 23.2 Å². The van der Waals surface area contributed by atoms with Crippen LogP contribution in [0, 0.1) is 5.82 Å². The Hall–Kier alpha value is -1.67. The summed E-state index contributed by atoms with van der Waals surface area (Å²) in [5.74, 6) is 0.281. The van der Waals surface area contributed by atoms with Gasteiger partial charge in [-0.1, -0.05) is 0 Å². The van der Waals surface area contributed by atoms with Crippen LogP contribution in [0.4, 0.5) is 4.39 Å². The predicted octanol–water partition coefficient (Wildman–Crippen LogP) is 1.71. The number of carbonyl (C=O) groups excluding carboxylic acids is 1. The van der Waals surface area contributed by atoms with Crippen LogP contribution in [-0.4, -0.2) is 19.7 Å². The normalized spacial score (nSPS) is 9.29. The number of rotatable bonds is 4. The van der Waals surface area contributed by atoms with Crippen molar-refractivity contribution in [3.63, 3.8) is 0 Å². The molecule has 0 heterocycles. The first kappa shape index (κ1) is 10.4. The minimum absolute atomic E-state index is 0.295. The number of halogens is 1. The molecule has 0 saturated heterocycles. The zero-order valence-electron chi connectivity index (χ0n) is 7.79. The van der Waals surface area contributed by atoms with E-state index in [1.165, 1.54) is 25.3 Å². The first-order chi connectivity index (χ1) is 6.77. The molecular formula is C10H10FNO2. The average Bonchev–Trinajstić information content (AvgIpc) is 2.19. The van der Waals surface area contributed by atoms with E-state index in [1.807, 2.05) is 0 Å². The molecular weight excluding hydrogens is 185 g/mol. The van der Waals surface area contributed by atoms with E-state index in [1.54, 1.807) is 6.07 Å². The first-order valence-electron chi connectivity index (χ1n) is 4.14. The lowest BCUT2D eigenvalue weighted by molar-refractivity contribution is 0.408. The molecule has 1 aromatic carbocycles. The maximum atomic E-state index is 12.8. The molecule has 14 heavy (non-hydrogen) atoms. The fourth-order valence-corrected chi connectivity index (χ4v) is 1.16. The summed E-state index contributed by atoms with van der Waals surface area (Å²) in [6, 6.07) is 4.25. The molecule has 0 bridgehead atoms. The van der Waals surface area contributed by atoms with Gasteiger partial charge in [-0.25, -0.2) is 14.2 Å². The number of ether oxygens (including phenoxy) is 1. The van der Waals surface area contributed by atoms with Gasteiger partial charge in [-0.2, -0.15) is 0 Å². The van der Waals surface area contributed by atoms with Gasteiger partial charge in [-0.15, -0.1) is 0 Å². The Kier molecular flexibility index (Phi) is 3.83. The molecule has 3 nitrogen and oxygen atoms in total. The number of hydrogen-bond donors (Lipinski definition) is 0. The Bertz CT molecular complexity index is 359. The van der Waals surface area contributed by atoms with Crippen molar-refractivity contribution in [1.82, 2.24) is 0 Å². The van der Waals surface area contributed by atoms with Crippen molar-refractivity contribution >= 4 is 6.08 Å². The fourth-order valence-electron chi connectivity index (χ4n) is 1.16. The van der Waals surface area contributed by atoms with Crippen LogP contribution in [0.1, 0.15) is 5.56 Å². The van der Waals surface area contributed by atoms with Crippen molar-refractivity contribution in [2.24, 2.45) is 4.99 Å². The highest BCUT2D eigenvalue weighted by Gasteiger charge is 2.03. The van der Waals surface area contributed by atoms with Crippen LogP contribution in [0.2, 0.25) is 0 Å². The summed E-state index contributed by atoms with van der Waals surface area (Å²) in [5, 5.41) is 0. The number of aliphatic imine (C=N–C) groups is 1. The topological polar surface area (TPSA) is 38.7 Å². The van der Waals surface area contributed by atoms with E-state index < -0.39 is 0 Å². The highest BCUT2D eigenvalue weighted by atomic mass is 19.1. The number of isocyanates is 1. The van der Waals surface area contributed by atoms with Gasteiger partial charge >= 0.3 is 0 Å². The standard InChI is InChI=1S/C10H10FNO2/c1-14-10-3-2-9(11)6-8(10)4-5-12-7-13/h2-3,6H,4-5H2,1H3. The average molecular weight is 195 g/mol. The lowest BCUT2D eigenvalue weighted by Gasteiger charge is -2.06. The Balaban J connectivity index is 2.81. The van der Waals surface area contributed by atoms with Crippen LogP contribution < -0.4 is 4.74 Å². The van der Waals surface area contributed by atoms with E-state index >= 15 is 0 Å². The summed E-state index contributed by atoms with van der Waals surface area (Å²) in [6.45, 7) is 0.295. The second kappa shape index (κ2) is 5.14. The summed E-state index contributed by atoms with van der Waals surface area (Å²) < 4.78 is 17.9. The van der Waals surface area contributed by atoms with Gasteiger partial charge < -0.3 is 4.74 Å². The van der Waals surface area contributed by atoms with Gasteiger partial charge in [0.2, 0.25) is 6.08 Å². The van der Waals surface area contributed by atoms with Crippen molar-refractivity contribution < 1.29 is 13.9 Å². The van der Waals surface area contributed by atoms with Gasteiger partial charge in [-0.05, 0) is 30.2 Å². The van der Waals surface area contributed by atoms with Gasteiger partial charge in [0.05, 0.1) is 13.7 Å². The number of benzene rings is 1. The van der Waals surface area contributed by atoms with Crippen molar-refractivity contribution in [3.05, 3.63) is 29.6 Å². The summed E-state index contributed by atoms with van der Waals surface area (Å²) >= 11 is 0. The second-order valence-corrected chi connectivity index (χ2v) is 2.68. The third kappa shape index (κ3) is 2.68. The van der Waals surface area contributed by atoms with Crippen molar-refractivity contribution in [2.45, 2.75) is 6.42 Å². The van der Waals surface area contributed by atoms with Crippen LogP contribution in [-0.2, 0) is 11.2 Å². The lowest BCUT2D eigenvalue weighted by Crippen LogP contribution is -1.95. The number of nitrogens with zero attached hydrogens (tertiary/aromatic N) is 1. The molecule has 1 aromatic rings. The number of methoxy groups -OCH3 is 1. The molecule has 0 spiro atoms. The zero-order chi connectivity index (χ0) is 10.4. The predicted molar refractivity (Wildman–Crippen MR) is 49.6 cm³/mol. The summed E-state index contributed by atoms with van der Waals surface area (Å²) in [7, 11) is 1.51. The SMILES string of the molecule is COc1ccc(F)cc1CCN=C=O. The largest absolute Gasteiger partial charge is 0.496 e. The van der Waals surface area contributed by atoms with E-state index in [4.69, 9.17) is 4.74 Å². The Labute approximate surface area is 81.2 Å². The summed E-state index contributed by atoms with van der Waals surface area (Å²) in [5.41, 5.74) is 0.700. The molecule has 0 N–H and O–H groups in total. The minimum atomic E-state index is -0.323. The van der Waals surface area contributed by atoms with E-state index in [-0.39, 0.29) is 5.82 Å². The smallest absolute Gasteiger partial charge is 0.234 e. The van der Waals surface area contributed by atoms with Gasteiger partial charge in [0, 0.05) is 0 Å². The van der Waals surface area contributed by atoms with Crippen molar-refractivity contribution in [3.8, 4) is 5.75 Å². The lowest BCUT2D eigenvalue weighted by atomic mass is 10.1. The van der Waals surface area contributed by atoms with Crippen LogP contribution in [0.25, 0.3) is 0 Å². The van der Waals surface area contributed by atoms with Gasteiger partial charge in [0.25, 0.3) is 0 Å². The van der Waals surface area contributed by atoms with Crippen molar-refractivity contribution in [1.29, 1.82) is 0 Å². The highest BCUT2D eigenvalue weighted by Crippen LogP contribution is 2.19. The summed E-state index contributed by atoms with van der Waals surface area (Å²) in [6.07, 6.45) is 1.90. The monoisotopic (exact) mass is 195 g/mol. The van der Waals surface area contributed by atoms with E-state index in [2.05, 4.69) is 4.99 Å². The molecule has 4 heteroatoms. The minimum Gasteiger partial charge on any atom is -0.496 e. The van der Waals surface area contributed by atoms with E-state index in [0.29, 0.717) is 24.3 Å². The zero-order valence-corrected chi connectivity index (χ0v) is 7.79. The van der Waals surface area contributed by atoms with Crippen LogP contribution in [0.5, 0.6) is 5.75 Å². The maximum absolute atomic E-state index is 12.8. The Morgan fingerprint density at radius 1 is 1.57 bits per heavy atom. The highest BCUT2D eigenvalue weighted by molar-refractivity contribution is 5.35. The summed E-state index contributed by atoms with van der Waals surface area (Å²) in [4.78, 5) is 13.2. The molecule has 0 atom stereocenters. The molecule has 0 radical (unpaired) electrons. The quantitative estimate of drug-likeness (QED) is 0.542. The maximum Gasteiger partial charge on any atom is 0.234 e. The third-order valence-electron chi connectivity index (χ3n) is 1.80. The molecule has 0 saturated carbocycles. The molecule has 0 unspecified atom stereocenters. The third-order valence-corrected chi connectivity index (χ3v) is 1.80. The van der Waals surface area contributed by atoms with Gasteiger partial charge in [0.15, 0.2) is 0 Å². The second-order valence-electron chi connectivity index (χ2n) is 2.68. The van der Waals surface area contributed by atoms with Gasteiger partial charge in [-0.3, -0.25) is 0 Å². The molecule has 74 valence electrons. The molecule has 0 amide bonds. The number of hydrogen-bond acceptors (Lipinski definition) is 3. The van der Waals surface area contributed by atoms with E-state index in [9.17, 15) is 9.18 Å². The molecule has 1 rings (SSSR count). The van der Waals surface area contributed by atoms with Gasteiger partial charge in [0.1, 0.15) is 11.6 Å². The molecule has 0 aliphatic rings. The fraction of sp³-hybridized carbons (Fsp3) is 0.300. The van der Waals surface area contributed by atoms with Crippen LogP contribution in [0.3, 0.4) is 0 Å². The molecule has 0 aliphatic carbocycles. The van der Waals surface area contributed by atoms with E-state index in [0.717, 1.165) is 0 Å². The Morgan fingerprint density at radius 2 is 2.36 bits per heavy atom. The molecule has 0 fully saturated rings. The molecule has 0 aromatic heterocycles. The van der Waals surface area contributed by atoms with Crippen molar-refractivity contribution in [2.75, 3.05) is 13.7 Å². The first-order valence-corrected chi connectivity index (χ1v) is 4.14. The van der Waals surface area contributed by atoms with Crippen LogP contribution >= 0.6 is 0 Å². The molecule has 0 aliphatic heterocycles.